The predicted octanol–water partition coefficient (Wildman–Crippen LogP) is 2.30. The van der Waals surface area contributed by atoms with Crippen molar-refractivity contribution in [2.75, 3.05) is 5.73 Å². The number of pyridine rings is 1. The van der Waals surface area contributed by atoms with Gasteiger partial charge < -0.3 is 5.73 Å². The minimum absolute atomic E-state index is 0.537. The molecule has 2 heterocycles. The minimum Gasteiger partial charge on any atom is -0.383 e. The smallest absolute Gasteiger partial charge is 0.180 e. The molecule has 0 aromatic carbocycles. The number of anilines is 1. The van der Waals surface area contributed by atoms with Gasteiger partial charge in [-0.2, -0.15) is 0 Å². The van der Waals surface area contributed by atoms with Crippen LogP contribution in [-0.4, -0.2) is 15.0 Å². The van der Waals surface area contributed by atoms with Gasteiger partial charge in [-0.1, -0.05) is 13.0 Å². The average Bonchev–Trinajstić information content (AvgIpc) is 2.32. The molecule has 0 aliphatic rings. The number of rotatable bonds is 2. The third-order valence-corrected chi connectivity index (χ3v) is 2.74. The summed E-state index contributed by atoms with van der Waals surface area (Å²) in [4.78, 5) is 13.2. The zero-order chi connectivity index (χ0) is 12.4. The number of nitrogens with two attached hydrogens (primary N) is 1. The SMILES string of the molecule is CCc1nc(-c2cccc(C)n2)nc(N)c1C. The standard InChI is InChI=1S/C13H16N4/c1-4-10-9(3)12(14)17-13(16-10)11-7-5-6-8(2)15-11/h5-7H,4H2,1-3H3,(H2,14,16,17). The van der Waals surface area contributed by atoms with E-state index in [2.05, 4.69) is 21.9 Å². The lowest BCUT2D eigenvalue weighted by Crippen LogP contribution is -2.05. The molecule has 2 aromatic rings. The van der Waals surface area contributed by atoms with Crippen LogP contribution in [0.15, 0.2) is 18.2 Å². The molecule has 0 spiro atoms. The van der Waals surface area contributed by atoms with Crippen molar-refractivity contribution in [3.8, 4) is 11.5 Å². The second-order valence-electron chi connectivity index (χ2n) is 4.02. The first-order valence-corrected chi connectivity index (χ1v) is 5.68. The van der Waals surface area contributed by atoms with E-state index >= 15 is 0 Å². The Morgan fingerprint density at radius 1 is 1.12 bits per heavy atom. The maximum Gasteiger partial charge on any atom is 0.180 e. The topological polar surface area (TPSA) is 64.7 Å². The summed E-state index contributed by atoms with van der Waals surface area (Å²) in [7, 11) is 0. The molecule has 0 amide bonds. The molecule has 2 N–H and O–H groups in total. The van der Waals surface area contributed by atoms with Crippen molar-refractivity contribution < 1.29 is 0 Å². The zero-order valence-electron chi connectivity index (χ0n) is 10.4. The van der Waals surface area contributed by atoms with E-state index in [1.807, 2.05) is 32.0 Å². The van der Waals surface area contributed by atoms with Gasteiger partial charge in [-0.3, -0.25) is 0 Å². The number of aryl methyl sites for hydroxylation is 2. The molecule has 0 aliphatic heterocycles. The van der Waals surface area contributed by atoms with Crippen LogP contribution in [0.25, 0.3) is 11.5 Å². The summed E-state index contributed by atoms with van der Waals surface area (Å²) in [5.41, 5.74) is 9.56. The second kappa shape index (κ2) is 4.49. The fraction of sp³-hybridized carbons (Fsp3) is 0.308. The molecule has 0 saturated carbocycles. The third-order valence-electron chi connectivity index (χ3n) is 2.74. The molecule has 0 saturated heterocycles. The molecular weight excluding hydrogens is 212 g/mol. The zero-order valence-corrected chi connectivity index (χ0v) is 10.4. The summed E-state index contributed by atoms with van der Waals surface area (Å²) in [6.07, 6.45) is 0.845. The van der Waals surface area contributed by atoms with Crippen LogP contribution in [0.3, 0.4) is 0 Å². The quantitative estimate of drug-likeness (QED) is 0.856. The minimum atomic E-state index is 0.537. The summed E-state index contributed by atoms with van der Waals surface area (Å²) in [5, 5.41) is 0. The molecular formula is C13H16N4. The van der Waals surface area contributed by atoms with Crippen molar-refractivity contribution >= 4 is 5.82 Å². The van der Waals surface area contributed by atoms with Crippen LogP contribution in [0.2, 0.25) is 0 Å². The maximum atomic E-state index is 5.89. The molecule has 17 heavy (non-hydrogen) atoms. The molecule has 4 nitrogen and oxygen atoms in total. The Kier molecular flexibility index (Phi) is 3.04. The Labute approximate surface area is 101 Å². The average molecular weight is 228 g/mol. The highest BCUT2D eigenvalue weighted by atomic mass is 15.0. The van der Waals surface area contributed by atoms with Crippen LogP contribution in [0, 0.1) is 13.8 Å². The molecule has 0 radical (unpaired) electrons. The summed E-state index contributed by atoms with van der Waals surface area (Å²) in [6, 6.07) is 5.79. The van der Waals surface area contributed by atoms with Gasteiger partial charge in [0, 0.05) is 17.0 Å². The van der Waals surface area contributed by atoms with E-state index in [0.29, 0.717) is 11.6 Å². The molecule has 0 aliphatic carbocycles. The molecule has 88 valence electrons. The summed E-state index contributed by atoms with van der Waals surface area (Å²) < 4.78 is 0. The van der Waals surface area contributed by atoms with Crippen LogP contribution in [0.4, 0.5) is 5.82 Å². The van der Waals surface area contributed by atoms with Crippen molar-refractivity contribution in [2.24, 2.45) is 0 Å². The van der Waals surface area contributed by atoms with Crippen molar-refractivity contribution in [1.82, 2.24) is 15.0 Å². The first-order chi connectivity index (χ1) is 8.11. The van der Waals surface area contributed by atoms with E-state index in [1.165, 1.54) is 0 Å². The number of hydrogen-bond donors (Lipinski definition) is 1. The van der Waals surface area contributed by atoms with E-state index in [9.17, 15) is 0 Å². The van der Waals surface area contributed by atoms with Gasteiger partial charge in [-0.15, -0.1) is 0 Å². The Morgan fingerprint density at radius 2 is 1.88 bits per heavy atom. The van der Waals surface area contributed by atoms with Crippen LogP contribution in [0.5, 0.6) is 0 Å². The van der Waals surface area contributed by atoms with Gasteiger partial charge in [-0.05, 0) is 32.4 Å². The molecule has 2 rings (SSSR count). The lowest BCUT2D eigenvalue weighted by atomic mass is 10.2. The summed E-state index contributed by atoms with van der Waals surface area (Å²) >= 11 is 0. The van der Waals surface area contributed by atoms with E-state index in [0.717, 1.165) is 29.1 Å². The number of nitrogens with zero attached hydrogens (tertiary/aromatic N) is 3. The third kappa shape index (κ3) is 2.25. The number of hydrogen-bond acceptors (Lipinski definition) is 4. The number of aromatic nitrogens is 3. The Hall–Kier alpha value is -1.97. The molecule has 0 atom stereocenters. The first-order valence-electron chi connectivity index (χ1n) is 5.68. The Bertz CT molecular complexity index is 549. The largest absolute Gasteiger partial charge is 0.383 e. The fourth-order valence-electron chi connectivity index (χ4n) is 1.71. The van der Waals surface area contributed by atoms with Crippen molar-refractivity contribution in [1.29, 1.82) is 0 Å². The monoisotopic (exact) mass is 228 g/mol. The lowest BCUT2D eigenvalue weighted by molar-refractivity contribution is 0.974. The highest BCUT2D eigenvalue weighted by Crippen LogP contribution is 2.19. The summed E-state index contributed by atoms with van der Waals surface area (Å²) in [6.45, 7) is 5.95. The Morgan fingerprint density at radius 3 is 2.53 bits per heavy atom. The maximum absolute atomic E-state index is 5.89. The van der Waals surface area contributed by atoms with E-state index in [1.54, 1.807) is 0 Å². The van der Waals surface area contributed by atoms with Gasteiger partial charge in [0.25, 0.3) is 0 Å². The molecule has 2 aromatic heterocycles. The summed E-state index contributed by atoms with van der Waals surface area (Å²) in [5.74, 6) is 1.14. The first kappa shape index (κ1) is 11.5. The van der Waals surface area contributed by atoms with Gasteiger partial charge in [0.15, 0.2) is 5.82 Å². The molecule has 4 heteroatoms. The van der Waals surface area contributed by atoms with Crippen molar-refractivity contribution in [3.63, 3.8) is 0 Å². The molecule has 0 unspecified atom stereocenters. The molecule has 0 bridgehead atoms. The van der Waals surface area contributed by atoms with E-state index in [4.69, 9.17) is 5.73 Å². The van der Waals surface area contributed by atoms with Crippen molar-refractivity contribution in [3.05, 3.63) is 35.2 Å². The van der Waals surface area contributed by atoms with Crippen LogP contribution in [-0.2, 0) is 6.42 Å². The fourth-order valence-corrected chi connectivity index (χ4v) is 1.71. The van der Waals surface area contributed by atoms with Crippen LogP contribution in [0.1, 0.15) is 23.9 Å². The van der Waals surface area contributed by atoms with Gasteiger partial charge in [0.1, 0.15) is 11.5 Å². The predicted molar refractivity (Wildman–Crippen MR) is 68.5 cm³/mol. The van der Waals surface area contributed by atoms with Gasteiger partial charge in [0.05, 0.1) is 0 Å². The normalized spacial score (nSPS) is 10.5. The number of nitrogen functional groups attached to an aromatic ring is 1. The molecule has 0 fully saturated rings. The van der Waals surface area contributed by atoms with Crippen molar-refractivity contribution in [2.45, 2.75) is 27.2 Å². The van der Waals surface area contributed by atoms with E-state index in [-0.39, 0.29) is 0 Å². The Balaban J connectivity index is 2.56. The second-order valence-corrected chi connectivity index (χ2v) is 4.02. The van der Waals surface area contributed by atoms with Gasteiger partial charge in [0.2, 0.25) is 0 Å². The van der Waals surface area contributed by atoms with E-state index < -0.39 is 0 Å². The van der Waals surface area contributed by atoms with Gasteiger partial charge in [-0.25, -0.2) is 15.0 Å². The lowest BCUT2D eigenvalue weighted by Gasteiger charge is -2.08. The highest BCUT2D eigenvalue weighted by molar-refractivity contribution is 5.54. The highest BCUT2D eigenvalue weighted by Gasteiger charge is 2.09. The van der Waals surface area contributed by atoms with Crippen LogP contribution < -0.4 is 5.73 Å². The van der Waals surface area contributed by atoms with Crippen LogP contribution >= 0.6 is 0 Å². The van der Waals surface area contributed by atoms with Gasteiger partial charge >= 0.3 is 0 Å².